The predicted octanol–water partition coefficient (Wildman–Crippen LogP) is 1.11. The molecule has 0 aromatic carbocycles. The number of nitrogens with zero attached hydrogens (tertiary/aromatic N) is 4. The van der Waals surface area contributed by atoms with Crippen LogP contribution in [0.4, 0.5) is 11.5 Å². The fourth-order valence-corrected chi connectivity index (χ4v) is 2.42. The van der Waals surface area contributed by atoms with E-state index < -0.39 is 16.4 Å². The number of anilines is 1. The van der Waals surface area contributed by atoms with Crippen LogP contribution in [-0.4, -0.2) is 51.3 Å². The third-order valence-electron chi connectivity index (χ3n) is 3.47. The van der Waals surface area contributed by atoms with Gasteiger partial charge in [0.05, 0.1) is 18.1 Å². The standard InChI is InChI=1S/C11H13ClN4O5/c1-2-11(9(17)18)6-21-4-3-15(11)8-7(16(19)20)5-13-10(12)14-8/h5H,2-4,6H2,1H3,(H,17,18). The van der Waals surface area contributed by atoms with Crippen molar-refractivity contribution in [2.75, 3.05) is 24.7 Å². The molecule has 1 unspecified atom stereocenters. The second kappa shape index (κ2) is 5.78. The van der Waals surface area contributed by atoms with Crippen LogP contribution in [0.5, 0.6) is 0 Å². The molecule has 1 N–H and O–H groups in total. The van der Waals surface area contributed by atoms with E-state index >= 15 is 0 Å². The van der Waals surface area contributed by atoms with Crippen LogP contribution in [0.3, 0.4) is 0 Å². The third-order valence-corrected chi connectivity index (χ3v) is 3.65. The molecule has 1 aromatic rings. The van der Waals surface area contributed by atoms with Crippen molar-refractivity contribution in [3.63, 3.8) is 0 Å². The molecular weight excluding hydrogens is 304 g/mol. The maximum absolute atomic E-state index is 11.7. The lowest BCUT2D eigenvalue weighted by Crippen LogP contribution is -2.62. The van der Waals surface area contributed by atoms with E-state index in [1.165, 1.54) is 4.90 Å². The van der Waals surface area contributed by atoms with Crippen molar-refractivity contribution in [2.45, 2.75) is 18.9 Å². The number of morpholine rings is 1. The lowest BCUT2D eigenvalue weighted by molar-refractivity contribution is -0.384. The molecule has 2 heterocycles. The van der Waals surface area contributed by atoms with Gasteiger partial charge in [0.25, 0.3) is 0 Å². The van der Waals surface area contributed by atoms with Gasteiger partial charge in [-0.2, -0.15) is 4.98 Å². The Morgan fingerprint density at radius 3 is 3.00 bits per heavy atom. The van der Waals surface area contributed by atoms with Crippen molar-refractivity contribution in [3.05, 3.63) is 21.6 Å². The lowest BCUT2D eigenvalue weighted by Gasteiger charge is -2.43. The van der Waals surface area contributed by atoms with E-state index in [1.54, 1.807) is 6.92 Å². The molecule has 1 saturated heterocycles. The van der Waals surface area contributed by atoms with Gasteiger partial charge < -0.3 is 14.7 Å². The quantitative estimate of drug-likeness (QED) is 0.498. The van der Waals surface area contributed by atoms with Gasteiger partial charge in [-0.15, -0.1) is 0 Å². The zero-order chi connectivity index (χ0) is 15.6. The first kappa shape index (κ1) is 15.4. The molecular formula is C11H13ClN4O5. The first-order valence-electron chi connectivity index (χ1n) is 6.18. The van der Waals surface area contributed by atoms with E-state index in [0.29, 0.717) is 0 Å². The van der Waals surface area contributed by atoms with Gasteiger partial charge in [-0.25, -0.2) is 9.78 Å². The first-order valence-corrected chi connectivity index (χ1v) is 6.56. The molecule has 21 heavy (non-hydrogen) atoms. The zero-order valence-corrected chi connectivity index (χ0v) is 11.9. The van der Waals surface area contributed by atoms with Crippen LogP contribution in [0.1, 0.15) is 13.3 Å². The first-order chi connectivity index (χ1) is 9.92. The van der Waals surface area contributed by atoms with E-state index in [1.807, 2.05) is 0 Å². The van der Waals surface area contributed by atoms with Gasteiger partial charge in [0.1, 0.15) is 6.20 Å². The number of carboxylic acids is 1. The van der Waals surface area contributed by atoms with Crippen molar-refractivity contribution < 1.29 is 19.6 Å². The molecule has 0 amide bonds. The second-order valence-corrected chi connectivity index (χ2v) is 4.84. The minimum Gasteiger partial charge on any atom is -0.479 e. The maximum atomic E-state index is 11.7. The number of hydrogen-bond acceptors (Lipinski definition) is 7. The Morgan fingerprint density at radius 2 is 2.43 bits per heavy atom. The smallest absolute Gasteiger partial charge is 0.332 e. The third kappa shape index (κ3) is 2.61. The van der Waals surface area contributed by atoms with Gasteiger partial charge in [0.15, 0.2) is 5.54 Å². The van der Waals surface area contributed by atoms with E-state index in [2.05, 4.69) is 9.97 Å². The molecule has 1 fully saturated rings. The van der Waals surface area contributed by atoms with E-state index in [0.717, 1.165) is 6.20 Å². The van der Waals surface area contributed by atoms with Gasteiger partial charge in [0, 0.05) is 6.54 Å². The Morgan fingerprint density at radius 1 is 1.71 bits per heavy atom. The Hall–Kier alpha value is -2.00. The highest BCUT2D eigenvalue weighted by Gasteiger charge is 2.48. The zero-order valence-electron chi connectivity index (χ0n) is 11.2. The molecule has 114 valence electrons. The number of nitro groups is 1. The van der Waals surface area contributed by atoms with Crippen LogP contribution < -0.4 is 4.90 Å². The van der Waals surface area contributed by atoms with E-state index in [-0.39, 0.29) is 43.0 Å². The molecule has 2 rings (SSSR count). The largest absolute Gasteiger partial charge is 0.479 e. The van der Waals surface area contributed by atoms with Crippen LogP contribution in [0.15, 0.2) is 6.20 Å². The SMILES string of the molecule is CCC1(C(=O)O)COCCN1c1nc(Cl)ncc1[N+](=O)[O-]. The van der Waals surface area contributed by atoms with Crippen molar-refractivity contribution >= 4 is 29.1 Å². The van der Waals surface area contributed by atoms with E-state index in [4.69, 9.17) is 16.3 Å². The topological polar surface area (TPSA) is 119 Å². The Balaban J connectivity index is 2.59. The summed E-state index contributed by atoms with van der Waals surface area (Å²) in [5, 5.41) is 20.5. The van der Waals surface area contributed by atoms with E-state index in [9.17, 15) is 20.0 Å². The normalized spacial score (nSPS) is 22.1. The van der Waals surface area contributed by atoms with Crippen LogP contribution in [0.25, 0.3) is 0 Å². The summed E-state index contributed by atoms with van der Waals surface area (Å²) in [5.41, 5.74) is -1.80. The van der Waals surface area contributed by atoms with Gasteiger partial charge >= 0.3 is 11.7 Å². The maximum Gasteiger partial charge on any atom is 0.332 e. The molecule has 0 bridgehead atoms. The highest BCUT2D eigenvalue weighted by molar-refractivity contribution is 6.28. The Labute approximate surface area is 124 Å². The van der Waals surface area contributed by atoms with Crippen LogP contribution in [0.2, 0.25) is 5.28 Å². The molecule has 0 spiro atoms. The number of aromatic nitrogens is 2. The minimum absolute atomic E-state index is 0.0857. The highest BCUT2D eigenvalue weighted by Crippen LogP contribution is 2.35. The van der Waals surface area contributed by atoms with Crippen molar-refractivity contribution in [3.8, 4) is 0 Å². The summed E-state index contributed by atoms with van der Waals surface area (Å²) in [6.45, 7) is 1.99. The predicted molar refractivity (Wildman–Crippen MR) is 72.5 cm³/mol. The Bertz CT molecular complexity index is 584. The molecule has 10 heteroatoms. The molecule has 1 aliphatic heterocycles. The van der Waals surface area contributed by atoms with Crippen molar-refractivity contribution in [1.82, 2.24) is 9.97 Å². The summed E-state index contributed by atoms with van der Waals surface area (Å²) in [7, 11) is 0. The number of aliphatic carboxylic acids is 1. The van der Waals surface area contributed by atoms with Gasteiger partial charge in [-0.05, 0) is 18.0 Å². The number of carboxylic acid groups (broad SMARTS) is 1. The van der Waals surface area contributed by atoms with Crippen molar-refractivity contribution in [2.24, 2.45) is 0 Å². The number of halogens is 1. The van der Waals surface area contributed by atoms with Crippen LogP contribution >= 0.6 is 11.6 Å². The van der Waals surface area contributed by atoms with Gasteiger partial charge in [-0.1, -0.05) is 6.92 Å². The molecule has 0 saturated carbocycles. The number of ether oxygens (including phenoxy) is 1. The summed E-state index contributed by atoms with van der Waals surface area (Å²) >= 11 is 5.71. The van der Waals surface area contributed by atoms with Crippen LogP contribution in [-0.2, 0) is 9.53 Å². The monoisotopic (exact) mass is 316 g/mol. The fourth-order valence-electron chi connectivity index (χ4n) is 2.29. The number of rotatable bonds is 4. The molecule has 0 aliphatic carbocycles. The average molecular weight is 317 g/mol. The lowest BCUT2D eigenvalue weighted by atomic mass is 9.93. The molecule has 0 radical (unpaired) electrons. The number of carbonyl (C=O) groups is 1. The molecule has 9 nitrogen and oxygen atoms in total. The summed E-state index contributed by atoms with van der Waals surface area (Å²) in [6.07, 6.45) is 1.17. The molecule has 1 atom stereocenters. The summed E-state index contributed by atoms with van der Waals surface area (Å²) in [4.78, 5) is 31.0. The average Bonchev–Trinajstić information content (AvgIpc) is 2.46. The van der Waals surface area contributed by atoms with Gasteiger partial charge in [0.2, 0.25) is 11.1 Å². The second-order valence-electron chi connectivity index (χ2n) is 4.50. The minimum atomic E-state index is -1.42. The molecule has 1 aliphatic rings. The summed E-state index contributed by atoms with van der Waals surface area (Å²) < 4.78 is 5.25. The summed E-state index contributed by atoms with van der Waals surface area (Å²) in [6, 6.07) is 0. The van der Waals surface area contributed by atoms with Crippen LogP contribution in [0, 0.1) is 10.1 Å². The Kier molecular flexibility index (Phi) is 4.24. The number of hydrogen-bond donors (Lipinski definition) is 1. The van der Waals surface area contributed by atoms with Crippen molar-refractivity contribution in [1.29, 1.82) is 0 Å². The summed E-state index contributed by atoms with van der Waals surface area (Å²) in [5.74, 6) is -1.23. The fraction of sp³-hybridized carbons (Fsp3) is 0.545. The molecule has 1 aromatic heterocycles. The highest BCUT2D eigenvalue weighted by atomic mass is 35.5. The van der Waals surface area contributed by atoms with Gasteiger partial charge in [-0.3, -0.25) is 10.1 Å².